The van der Waals surface area contributed by atoms with Crippen molar-refractivity contribution in [3.05, 3.63) is 64.2 Å². The summed E-state index contributed by atoms with van der Waals surface area (Å²) >= 11 is 5.95. The average Bonchev–Trinajstić information content (AvgIpc) is 3.08. The van der Waals surface area contributed by atoms with Gasteiger partial charge >= 0.3 is 5.97 Å². The molecule has 0 bridgehead atoms. The first-order valence-electron chi connectivity index (χ1n) is 10.8. The third kappa shape index (κ3) is 5.34. The van der Waals surface area contributed by atoms with Gasteiger partial charge in [0, 0.05) is 35.2 Å². The van der Waals surface area contributed by atoms with Crippen LogP contribution in [0.2, 0.25) is 5.02 Å². The lowest BCUT2D eigenvalue weighted by molar-refractivity contribution is -0.140. The van der Waals surface area contributed by atoms with Crippen LogP contribution in [0, 0.1) is 0 Å². The Bertz CT molecular complexity index is 1110. The second kappa shape index (κ2) is 11.1. The maximum absolute atomic E-state index is 13.1. The van der Waals surface area contributed by atoms with Crippen LogP contribution >= 0.6 is 11.6 Å². The summed E-state index contributed by atoms with van der Waals surface area (Å²) < 4.78 is 10.8. The second-order valence-electron chi connectivity index (χ2n) is 7.81. The highest BCUT2D eigenvalue weighted by Gasteiger charge is 2.46. The molecule has 1 heterocycles. The highest BCUT2D eigenvalue weighted by atomic mass is 35.5. The number of aliphatic carboxylic acids is 1. The topological polar surface area (TPSA) is 113 Å². The van der Waals surface area contributed by atoms with E-state index in [0.29, 0.717) is 46.9 Å². The van der Waals surface area contributed by atoms with Gasteiger partial charge in [-0.05, 0) is 49.2 Å². The highest BCUT2D eigenvalue weighted by molar-refractivity contribution is 6.46. The molecule has 1 saturated heterocycles. The van der Waals surface area contributed by atoms with E-state index in [1.165, 1.54) is 19.1 Å². The summed E-state index contributed by atoms with van der Waals surface area (Å²) in [6.45, 7) is 0.210. The zero-order valence-electron chi connectivity index (χ0n) is 18.9. The smallest absolute Gasteiger partial charge is 0.303 e. The summed E-state index contributed by atoms with van der Waals surface area (Å²) in [6, 6.07) is 10.4. The summed E-state index contributed by atoms with van der Waals surface area (Å²) in [7, 11) is 2.98. The molecule has 0 unspecified atom stereocenters. The van der Waals surface area contributed by atoms with E-state index in [1.54, 1.807) is 42.5 Å². The van der Waals surface area contributed by atoms with E-state index in [1.807, 2.05) is 0 Å². The molecule has 0 spiro atoms. The van der Waals surface area contributed by atoms with Gasteiger partial charge in [-0.3, -0.25) is 14.4 Å². The Morgan fingerprint density at radius 3 is 2.32 bits per heavy atom. The zero-order chi connectivity index (χ0) is 24.8. The van der Waals surface area contributed by atoms with Crippen LogP contribution in [0.1, 0.15) is 42.9 Å². The number of aliphatic hydroxyl groups is 1. The molecule has 1 aliphatic heterocycles. The molecule has 1 aliphatic rings. The number of hydrogen-bond donors (Lipinski definition) is 2. The van der Waals surface area contributed by atoms with Gasteiger partial charge in [-0.25, -0.2) is 0 Å². The number of ether oxygens (including phenoxy) is 2. The van der Waals surface area contributed by atoms with E-state index >= 15 is 0 Å². The van der Waals surface area contributed by atoms with E-state index in [4.69, 9.17) is 26.2 Å². The van der Waals surface area contributed by atoms with Crippen molar-refractivity contribution in [2.75, 3.05) is 20.8 Å². The van der Waals surface area contributed by atoms with Crippen LogP contribution in [0.3, 0.4) is 0 Å². The van der Waals surface area contributed by atoms with Gasteiger partial charge in [-0.15, -0.1) is 0 Å². The molecule has 2 aromatic rings. The normalized spacial score (nSPS) is 17.1. The van der Waals surface area contributed by atoms with Gasteiger partial charge < -0.3 is 24.6 Å². The largest absolute Gasteiger partial charge is 0.507 e. The lowest BCUT2D eigenvalue weighted by Crippen LogP contribution is -2.31. The monoisotopic (exact) mass is 487 g/mol. The van der Waals surface area contributed by atoms with E-state index in [0.717, 1.165) is 0 Å². The third-order valence-electron chi connectivity index (χ3n) is 5.68. The average molecular weight is 488 g/mol. The third-order valence-corrected chi connectivity index (χ3v) is 5.93. The number of amides is 1. The summed E-state index contributed by atoms with van der Waals surface area (Å²) in [5, 5.41) is 20.4. The van der Waals surface area contributed by atoms with Crippen LogP contribution in [-0.4, -0.2) is 53.5 Å². The fourth-order valence-electron chi connectivity index (χ4n) is 3.98. The van der Waals surface area contributed by atoms with Crippen LogP contribution in [0.25, 0.3) is 5.76 Å². The first-order valence-corrected chi connectivity index (χ1v) is 11.1. The van der Waals surface area contributed by atoms with Crippen molar-refractivity contribution in [2.45, 2.75) is 31.7 Å². The Morgan fingerprint density at radius 1 is 1.00 bits per heavy atom. The number of benzene rings is 2. The number of nitrogens with zero attached hydrogens (tertiary/aromatic N) is 1. The molecule has 1 fully saturated rings. The van der Waals surface area contributed by atoms with Gasteiger partial charge in [0.15, 0.2) is 0 Å². The summed E-state index contributed by atoms with van der Waals surface area (Å²) in [6.07, 6.45) is 1.56. The van der Waals surface area contributed by atoms with Crippen molar-refractivity contribution in [1.82, 2.24) is 4.90 Å². The maximum Gasteiger partial charge on any atom is 0.303 e. The van der Waals surface area contributed by atoms with Crippen molar-refractivity contribution < 1.29 is 34.1 Å². The van der Waals surface area contributed by atoms with Gasteiger partial charge in [0.2, 0.25) is 0 Å². The SMILES string of the molecule is COc1ccc([C@H]2/C(=C(\O)c3ccc(Cl)cc3)C(=O)C(=O)N2CCCCCC(=O)O)c(OC)c1. The van der Waals surface area contributed by atoms with E-state index in [2.05, 4.69) is 0 Å². The van der Waals surface area contributed by atoms with Gasteiger partial charge in [0.25, 0.3) is 11.7 Å². The van der Waals surface area contributed by atoms with Crippen molar-refractivity contribution in [3.8, 4) is 11.5 Å². The minimum atomic E-state index is -0.893. The summed E-state index contributed by atoms with van der Waals surface area (Å²) in [5.41, 5.74) is 0.811. The molecule has 3 rings (SSSR count). The van der Waals surface area contributed by atoms with Crippen molar-refractivity contribution in [1.29, 1.82) is 0 Å². The number of Topliss-reactive ketones (excluding diaryl/α,β-unsaturated/α-hetero) is 1. The molecule has 0 saturated carbocycles. The lowest BCUT2D eigenvalue weighted by Gasteiger charge is -2.27. The van der Waals surface area contributed by atoms with Crippen LogP contribution in [0.4, 0.5) is 0 Å². The van der Waals surface area contributed by atoms with Crippen molar-refractivity contribution in [2.24, 2.45) is 0 Å². The molecule has 1 amide bonds. The number of halogens is 1. The Morgan fingerprint density at radius 2 is 1.71 bits per heavy atom. The number of methoxy groups -OCH3 is 2. The number of carboxylic acids is 1. The first kappa shape index (κ1) is 25.1. The molecule has 1 atom stereocenters. The number of unbranched alkanes of at least 4 members (excludes halogenated alkanes) is 2. The standard InChI is InChI=1S/C25H26ClNO7/c1-33-17-11-12-18(19(14-17)34-2)22-21(23(30)15-7-9-16(26)10-8-15)24(31)25(32)27(22)13-5-3-4-6-20(28)29/h7-12,14,22,30H,3-6,13H2,1-2H3,(H,28,29)/b23-21+/t22-/m0/s1. The number of carbonyl (C=O) groups is 3. The lowest BCUT2D eigenvalue weighted by atomic mass is 9.94. The summed E-state index contributed by atoms with van der Waals surface area (Å²) in [4.78, 5) is 38.3. The molecule has 0 radical (unpaired) electrons. The molecule has 0 aromatic heterocycles. The molecule has 2 N–H and O–H groups in total. The number of hydrogen-bond acceptors (Lipinski definition) is 6. The van der Waals surface area contributed by atoms with Crippen LogP contribution in [0.5, 0.6) is 11.5 Å². The second-order valence-corrected chi connectivity index (χ2v) is 8.25. The molecule has 0 aliphatic carbocycles. The molecule has 2 aromatic carbocycles. The number of carbonyl (C=O) groups excluding carboxylic acids is 2. The van der Waals surface area contributed by atoms with Gasteiger partial charge in [0.05, 0.1) is 25.8 Å². The number of likely N-dealkylation sites (tertiary alicyclic amines) is 1. The van der Waals surface area contributed by atoms with E-state index in [-0.39, 0.29) is 24.3 Å². The van der Waals surface area contributed by atoms with Crippen LogP contribution < -0.4 is 9.47 Å². The number of ketones is 1. The quantitative estimate of drug-likeness (QED) is 0.220. The van der Waals surface area contributed by atoms with Crippen molar-refractivity contribution >= 4 is 35.0 Å². The number of carboxylic acid groups (broad SMARTS) is 1. The summed E-state index contributed by atoms with van der Waals surface area (Å²) in [5.74, 6) is -1.82. The predicted molar refractivity (Wildman–Crippen MR) is 126 cm³/mol. The van der Waals surface area contributed by atoms with Gasteiger partial charge in [-0.1, -0.05) is 18.0 Å². The van der Waals surface area contributed by atoms with Gasteiger partial charge in [0.1, 0.15) is 17.3 Å². The Balaban J connectivity index is 2.06. The molecule has 34 heavy (non-hydrogen) atoms. The Hall–Kier alpha value is -3.52. The van der Waals surface area contributed by atoms with E-state index in [9.17, 15) is 19.5 Å². The minimum Gasteiger partial charge on any atom is -0.507 e. The molecular formula is C25H26ClNO7. The molecular weight excluding hydrogens is 462 g/mol. The van der Waals surface area contributed by atoms with E-state index < -0.39 is 23.7 Å². The highest BCUT2D eigenvalue weighted by Crippen LogP contribution is 2.43. The molecule has 9 heteroatoms. The number of aliphatic hydroxyl groups excluding tert-OH is 1. The predicted octanol–water partition coefficient (Wildman–Crippen LogP) is 4.42. The fraction of sp³-hybridized carbons (Fsp3) is 0.320. The maximum atomic E-state index is 13.1. The number of rotatable bonds is 10. The Kier molecular flexibility index (Phi) is 8.17. The zero-order valence-corrected chi connectivity index (χ0v) is 19.7. The van der Waals surface area contributed by atoms with Gasteiger partial charge in [-0.2, -0.15) is 0 Å². The van der Waals surface area contributed by atoms with Crippen LogP contribution in [-0.2, 0) is 14.4 Å². The molecule has 180 valence electrons. The van der Waals surface area contributed by atoms with Crippen LogP contribution in [0.15, 0.2) is 48.0 Å². The molecule has 8 nitrogen and oxygen atoms in total. The van der Waals surface area contributed by atoms with Crippen molar-refractivity contribution in [3.63, 3.8) is 0 Å². The first-order chi connectivity index (χ1) is 16.3. The minimum absolute atomic E-state index is 0.0329. The fourth-order valence-corrected chi connectivity index (χ4v) is 4.10. The Labute approximate surface area is 202 Å².